The molecule has 23 heavy (non-hydrogen) atoms. The second-order valence-electron chi connectivity index (χ2n) is 5.60. The molecule has 2 aromatic heterocycles. The van der Waals surface area contributed by atoms with Crippen LogP contribution in [-0.2, 0) is 6.54 Å². The molecule has 4 aromatic rings. The Morgan fingerprint density at radius 3 is 2.57 bits per heavy atom. The van der Waals surface area contributed by atoms with E-state index in [1.165, 1.54) is 5.56 Å². The lowest BCUT2D eigenvalue weighted by atomic mass is 10.1. The Morgan fingerprint density at radius 1 is 0.957 bits per heavy atom. The number of rotatable bonds is 3. The maximum atomic E-state index is 5.82. The summed E-state index contributed by atoms with van der Waals surface area (Å²) in [5, 5.41) is 8.33. The van der Waals surface area contributed by atoms with Crippen molar-refractivity contribution in [1.29, 1.82) is 0 Å². The summed E-state index contributed by atoms with van der Waals surface area (Å²) in [6, 6.07) is 16.1. The Balaban J connectivity index is 1.67. The SMILES string of the molecule is Cc1ccc(-c2nnc(Cn3c(C)nc4ccccc43)o2)cc1. The van der Waals surface area contributed by atoms with E-state index in [1.54, 1.807) is 0 Å². The fourth-order valence-corrected chi connectivity index (χ4v) is 2.66. The Hall–Kier alpha value is -2.95. The number of hydrogen-bond acceptors (Lipinski definition) is 4. The summed E-state index contributed by atoms with van der Waals surface area (Å²) < 4.78 is 7.90. The first kappa shape index (κ1) is 13.7. The first-order valence-electron chi connectivity index (χ1n) is 7.52. The van der Waals surface area contributed by atoms with Crippen LogP contribution in [0, 0.1) is 13.8 Å². The molecule has 0 amide bonds. The zero-order valence-corrected chi connectivity index (χ0v) is 13.0. The molecule has 0 N–H and O–H groups in total. The Bertz CT molecular complexity index is 966. The van der Waals surface area contributed by atoms with Crippen LogP contribution in [0.15, 0.2) is 52.9 Å². The van der Waals surface area contributed by atoms with Crippen molar-refractivity contribution in [3.05, 3.63) is 65.8 Å². The highest BCUT2D eigenvalue weighted by Gasteiger charge is 2.12. The standard InChI is InChI=1S/C18H16N4O/c1-12-7-9-14(10-8-12)18-21-20-17(23-18)11-22-13(2)19-15-5-3-4-6-16(15)22/h3-10H,11H2,1-2H3. The third-order valence-corrected chi connectivity index (χ3v) is 3.90. The highest BCUT2D eigenvalue weighted by atomic mass is 16.4. The average Bonchev–Trinajstić information content (AvgIpc) is 3.14. The Morgan fingerprint density at radius 2 is 1.74 bits per heavy atom. The quantitative estimate of drug-likeness (QED) is 0.578. The largest absolute Gasteiger partial charge is 0.419 e. The van der Waals surface area contributed by atoms with E-state index in [0.717, 1.165) is 22.4 Å². The van der Waals surface area contributed by atoms with Gasteiger partial charge in [0.15, 0.2) is 0 Å². The topological polar surface area (TPSA) is 56.7 Å². The summed E-state index contributed by atoms with van der Waals surface area (Å²) in [5.41, 5.74) is 4.18. The number of fused-ring (bicyclic) bond motifs is 1. The Labute approximate surface area is 133 Å². The van der Waals surface area contributed by atoms with Crippen molar-refractivity contribution in [2.75, 3.05) is 0 Å². The van der Waals surface area contributed by atoms with Crippen LogP contribution in [0.1, 0.15) is 17.3 Å². The summed E-state index contributed by atoms with van der Waals surface area (Å²) in [5.74, 6) is 2.05. The molecule has 0 saturated carbocycles. The lowest BCUT2D eigenvalue weighted by molar-refractivity contribution is 0.488. The molecule has 0 fully saturated rings. The van der Waals surface area contributed by atoms with Gasteiger partial charge in [0.25, 0.3) is 0 Å². The average molecular weight is 304 g/mol. The van der Waals surface area contributed by atoms with Gasteiger partial charge in [0.1, 0.15) is 12.4 Å². The van der Waals surface area contributed by atoms with Gasteiger partial charge >= 0.3 is 0 Å². The third kappa shape index (κ3) is 2.50. The normalized spacial score (nSPS) is 11.2. The second-order valence-corrected chi connectivity index (χ2v) is 5.60. The summed E-state index contributed by atoms with van der Waals surface area (Å²) >= 11 is 0. The van der Waals surface area contributed by atoms with E-state index in [4.69, 9.17) is 4.42 Å². The number of hydrogen-bond donors (Lipinski definition) is 0. The van der Waals surface area contributed by atoms with E-state index in [2.05, 4.69) is 26.7 Å². The summed E-state index contributed by atoms with van der Waals surface area (Å²) in [6.45, 7) is 4.55. The minimum atomic E-state index is 0.519. The molecular weight excluding hydrogens is 288 g/mol. The van der Waals surface area contributed by atoms with Crippen molar-refractivity contribution in [3.63, 3.8) is 0 Å². The van der Waals surface area contributed by atoms with Crippen LogP contribution in [0.25, 0.3) is 22.5 Å². The molecule has 0 aliphatic rings. The van der Waals surface area contributed by atoms with Gasteiger partial charge in [-0.3, -0.25) is 0 Å². The van der Waals surface area contributed by atoms with Crippen molar-refractivity contribution in [1.82, 2.24) is 19.7 Å². The van der Waals surface area contributed by atoms with Crippen molar-refractivity contribution in [2.45, 2.75) is 20.4 Å². The molecule has 2 heterocycles. The maximum Gasteiger partial charge on any atom is 0.247 e. The van der Waals surface area contributed by atoms with Crippen molar-refractivity contribution < 1.29 is 4.42 Å². The molecule has 0 atom stereocenters. The molecule has 0 radical (unpaired) electrons. The van der Waals surface area contributed by atoms with Gasteiger partial charge in [-0.15, -0.1) is 10.2 Å². The number of imidazole rings is 1. The van der Waals surface area contributed by atoms with Crippen LogP contribution >= 0.6 is 0 Å². The number of nitrogens with zero attached hydrogens (tertiary/aromatic N) is 4. The van der Waals surface area contributed by atoms with Crippen molar-refractivity contribution in [2.24, 2.45) is 0 Å². The van der Waals surface area contributed by atoms with Gasteiger partial charge in [-0.25, -0.2) is 4.98 Å². The van der Waals surface area contributed by atoms with Crippen LogP contribution in [-0.4, -0.2) is 19.7 Å². The molecule has 4 rings (SSSR count). The van der Waals surface area contributed by atoms with Crippen molar-refractivity contribution in [3.8, 4) is 11.5 Å². The molecule has 0 aliphatic carbocycles. The van der Waals surface area contributed by atoms with E-state index in [1.807, 2.05) is 55.5 Å². The zero-order chi connectivity index (χ0) is 15.8. The number of aromatic nitrogens is 4. The van der Waals surface area contributed by atoms with Gasteiger partial charge in [0, 0.05) is 5.56 Å². The van der Waals surface area contributed by atoms with Crippen molar-refractivity contribution >= 4 is 11.0 Å². The Kier molecular flexibility index (Phi) is 3.19. The van der Waals surface area contributed by atoms with Gasteiger partial charge in [-0.2, -0.15) is 0 Å². The van der Waals surface area contributed by atoms with Crippen LogP contribution in [0.2, 0.25) is 0 Å². The number of benzene rings is 2. The molecule has 0 bridgehead atoms. The van der Waals surface area contributed by atoms with E-state index in [0.29, 0.717) is 18.3 Å². The highest BCUT2D eigenvalue weighted by Crippen LogP contribution is 2.21. The van der Waals surface area contributed by atoms with Gasteiger partial charge in [-0.1, -0.05) is 29.8 Å². The third-order valence-electron chi connectivity index (χ3n) is 3.90. The smallest absolute Gasteiger partial charge is 0.247 e. The first-order valence-corrected chi connectivity index (χ1v) is 7.52. The summed E-state index contributed by atoms with van der Waals surface area (Å²) in [4.78, 5) is 4.56. The second kappa shape index (κ2) is 5.35. The summed E-state index contributed by atoms with van der Waals surface area (Å²) in [6.07, 6.45) is 0. The molecule has 2 aromatic carbocycles. The van der Waals surface area contributed by atoms with E-state index < -0.39 is 0 Å². The minimum Gasteiger partial charge on any atom is -0.419 e. The molecule has 0 unspecified atom stereocenters. The van der Waals surface area contributed by atoms with E-state index in [9.17, 15) is 0 Å². The first-order chi connectivity index (χ1) is 11.2. The highest BCUT2D eigenvalue weighted by molar-refractivity contribution is 5.75. The van der Waals surface area contributed by atoms with Crippen LogP contribution in [0.4, 0.5) is 0 Å². The lowest BCUT2D eigenvalue weighted by Crippen LogP contribution is -2.02. The fourth-order valence-electron chi connectivity index (χ4n) is 2.66. The predicted octanol–water partition coefficient (Wildman–Crippen LogP) is 3.75. The monoisotopic (exact) mass is 304 g/mol. The molecule has 0 spiro atoms. The maximum absolute atomic E-state index is 5.82. The molecule has 0 saturated heterocycles. The molecule has 114 valence electrons. The van der Waals surface area contributed by atoms with Gasteiger partial charge in [0.05, 0.1) is 11.0 Å². The van der Waals surface area contributed by atoms with Gasteiger partial charge < -0.3 is 8.98 Å². The lowest BCUT2D eigenvalue weighted by Gasteiger charge is -2.02. The molecule has 0 aliphatic heterocycles. The molecule has 5 heteroatoms. The van der Waals surface area contributed by atoms with Crippen LogP contribution < -0.4 is 0 Å². The number of aryl methyl sites for hydroxylation is 2. The van der Waals surface area contributed by atoms with E-state index in [-0.39, 0.29) is 0 Å². The fraction of sp³-hybridized carbons (Fsp3) is 0.167. The van der Waals surface area contributed by atoms with Crippen LogP contribution in [0.3, 0.4) is 0 Å². The number of para-hydroxylation sites is 2. The zero-order valence-electron chi connectivity index (χ0n) is 13.0. The van der Waals surface area contributed by atoms with Crippen LogP contribution in [0.5, 0.6) is 0 Å². The van der Waals surface area contributed by atoms with Gasteiger partial charge in [0.2, 0.25) is 11.8 Å². The molecular formula is C18H16N4O. The molecule has 5 nitrogen and oxygen atoms in total. The minimum absolute atomic E-state index is 0.519. The summed E-state index contributed by atoms with van der Waals surface area (Å²) in [7, 11) is 0. The predicted molar refractivity (Wildman–Crippen MR) is 88.0 cm³/mol. The van der Waals surface area contributed by atoms with Gasteiger partial charge in [-0.05, 0) is 38.1 Å². The van der Waals surface area contributed by atoms with E-state index >= 15 is 0 Å².